The van der Waals surface area contributed by atoms with Crippen LogP contribution in [-0.4, -0.2) is 30.0 Å². The van der Waals surface area contributed by atoms with Crippen LogP contribution in [0, 0.1) is 0 Å². The van der Waals surface area contributed by atoms with E-state index in [1.165, 1.54) is 32.1 Å². The molecule has 1 saturated carbocycles. The van der Waals surface area contributed by atoms with E-state index in [1.54, 1.807) is 0 Å². The highest BCUT2D eigenvalue weighted by atomic mass is 32.2. The quantitative estimate of drug-likeness (QED) is 0.785. The molecule has 3 rings (SSSR count). The molecular formula is C17H22O3S. The molecule has 1 heterocycles. The summed E-state index contributed by atoms with van der Waals surface area (Å²) in [5.74, 6) is 2.23. The molecule has 0 amide bonds. The molecule has 0 radical (unpaired) electrons. The van der Waals surface area contributed by atoms with Crippen LogP contribution < -0.4 is 9.47 Å². The molecule has 0 N–H and O–H groups in total. The predicted octanol–water partition coefficient (Wildman–Crippen LogP) is 4.10. The van der Waals surface area contributed by atoms with E-state index in [2.05, 4.69) is 0 Å². The number of fused-ring (bicyclic) bond motifs is 1. The van der Waals surface area contributed by atoms with Gasteiger partial charge in [0, 0.05) is 17.2 Å². The first kappa shape index (κ1) is 14.8. The van der Waals surface area contributed by atoms with Crippen LogP contribution in [0.4, 0.5) is 0 Å². The molecule has 114 valence electrons. The number of thioether (sulfide) groups is 1. The van der Waals surface area contributed by atoms with E-state index >= 15 is 0 Å². The summed E-state index contributed by atoms with van der Waals surface area (Å²) in [6, 6.07) is 5.56. The van der Waals surface area contributed by atoms with Gasteiger partial charge in [-0.15, -0.1) is 0 Å². The Labute approximate surface area is 130 Å². The summed E-state index contributed by atoms with van der Waals surface area (Å²) < 4.78 is 11.2. The second kappa shape index (κ2) is 7.21. The van der Waals surface area contributed by atoms with Gasteiger partial charge in [-0.2, -0.15) is 11.8 Å². The van der Waals surface area contributed by atoms with E-state index in [0.29, 0.717) is 30.0 Å². The molecule has 4 heteroatoms. The summed E-state index contributed by atoms with van der Waals surface area (Å²) in [6.45, 7) is 1.33. The zero-order chi connectivity index (χ0) is 14.5. The summed E-state index contributed by atoms with van der Waals surface area (Å²) >= 11 is 1.82. The molecule has 0 aromatic heterocycles. The lowest BCUT2D eigenvalue weighted by molar-refractivity contribution is 0.102. The largest absolute Gasteiger partial charge is 0.490 e. The number of rotatable bonds is 4. The number of benzene rings is 1. The van der Waals surface area contributed by atoms with Gasteiger partial charge in [-0.25, -0.2) is 0 Å². The maximum Gasteiger partial charge on any atom is 0.172 e. The highest BCUT2D eigenvalue weighted by Crippen LogP contribution is 2.32. The molecule has 3 nitrogen and oxygen atoms in total. The minimum atomic E-state index is 0.196. The number of ether oxygens (including phenoxy) is 2. The van der Waals surface area contributed by atoms with Crippen LogP contribution in [0.25, 0.3) is 0 Å². The maximum absolute atomic E-state index is 12.3. The first-order valence-corrected chi connectivity index (χ1v) is 8.92. The van der Waals surface area contributed by atoms with Crippen molar-refractivity contribution in [3.8, 4) is 11.5 Å². The van der Waals surface area contributed by atoms with Gasteiger partial charge in [0.25, 0.3) is 0 Å². The van der Waals surface area contributed by atoms with Gasteiger partial charge in [0.2, 0.25) is 0 Å². The van der Waals surface area contributed by atoms with Crippen LogP contribution in [0.3, 0.4) is 0 Å². The molecule has 1 aromatic carbocycles. The normalized spacial score (nSPS) is 19.0. The SMILES string of the molecule is O=C(CSC1CCCCC1)c1ccc2c(c1)OCCCO2. The molecule has 1 aliphatic heterocycles. The summed E-state index contributed by atoms with van der Waals surface area (Å²) in [6.07, 6.45) is 7.40. The van der Waals surface area contributed by atoms with Gasteiger partial charge >= 0.3 is 0 Å². The van der Waals surface area contributed by atoms with E-state index in [1.807, 2.05) is 30.0 Å². The molecule has 0 atom stereocenters. The van der Waals surface area contributed by atoms with Crippen molar-refractivity contribution in [3.05, 3.63) is 23.8 Å². The smallest absolute Gasteiger partial charge is 0.172 e. The van der Waals surface area contributed by atoms with Crippen LogP contribution in [0.2, 0.25) is 0 Å². The zero-order valence-corrected chi connectivity index (χ0v) is 13.1. The zero-order valence-electron chi connectivity index (χ0n) is 12.3. The molecule has 1 aliphatic carbocycles. The Morgan fingerprint density at radius 1 is 1.05 bits per heavy atom. The molecule has 0 bridgehead atoms. The Bertz CT molecular complexity index is 495. The van der Waals surface area contributed by atoms with Crippen molar-refractivity contribution in [2.75, 3.05) is 19.0 Å². The average Bonchev–Trinajstić information content (AvgIpc) is 2.78. The van der Waals surface area contributed by atoms with E-state index in [4.69, 9.17) is 9.47 Å². The summed E-state index contributed by atoms with van der Waals surface area (Å²) in [7, 11) is 0. The Kier molecular flexibility index (Phi) is 5.07. The summed E-state index contributed by atoms with van der Waals surface area (Å²) in [5, 5.41) is 0.670. The van der Waals surface area contributed by atoms with Gasteiger partial charge in [0.15, 0.2) is 17.3 Å². The number of hydrogen-bond donors (Lipinski definition) is 0. The predicted molar refractivity (Wildman–Crippen MR) is 85.7 cm³/mol. The molecule has 0 saturated heterocycles. The number of Topliss-reactive ketones (excluding diaryl/α,β-unsaturated/α-hetero) is 1. The van der Waals surface area contributed by atoms with Crippen molar-refractivity contribution in [3.63, 3.8) is 0 Å². The van der Waals surface area contributed by atoms with Gasteiger partial charge in [-0.05, 0) is 31.0 Å². The third-order valence-electron chi connectivity index (χ3n) is 4.07. The van der Waals surface area contributed by atoms with Crippen LogP contribution in [0.5, 0.6) is 11.5 Å². The molecular weight excluding hydrogens is 284 g/mol. The molecule has 2 aliphatic rings. The number of ketones is 1. The van der Waals surface area contributed by atoms with Crippen LogP contribution in [0.1, 0.15) is 48.9 Å². The Hall–Kier alpha value is -1.16. The van der Waals surface area contributed by atoms with Crippen molar-refractivity contribution < 1.29 is 14.3 Å². The number of carbonyl (C=O) groups is 1. The van der Waals surface area contributed by atoms with Crippen LogP contribution in [-0.2, 0) is 0 Å². The number of hydrogen-bond acceptors (Lipinski definition) is 4. The number of carbonyl (C=O) groups excluding carboxylic acids is 1. The Morgan fingerprint density at radius 2 is 1.81 bits per heavy atom. The Balaban J connectivity index is 1.60. The summed E-state index contributed by atoms with van der Waals surface area (Å²) in [4.78, 5) is 12.3. The van der Waals surface area contributed by atoms with Gasteiger partial charge in [-0.3, -0.25) is 4.79 Å². The average molecular weight is 306 g/mol. The van der Waals surface area contributed by atoms with Crippen molar-refractivity contribution in [1.29, 1.82) is 0 Å². The van der Waals surface area contributed by atoms with E-state index in [9.17, 15) is 4.79 Å². The van der Waals surface area contributed by atoms with E-state index in [0.717, 1.165) is 17.7 Å². The monoisotopic (exact) mass is 306 g/mol. The van der Waals surface area contributed by atoms with Gasteiger partial charge < -0.3 is 9.47 Å². The molecule has 0 unspecified atom stereocenters. The van der Waals surface area contributed by atoms with Gasteiger partial charge in [0.1, 0.15) is 0 Å². The third kappa shape index (κ3) is 3.94. The first-order valence-electron chi connectivity index (χ1n) is 7.87. The van der Waals surface area contributed by atoms with E-state index in [-0.39, 0.29) is 5.78 Å². The van der Waals surface area contributed by atoms with Crippen molar-refractivity contribution in [2.24, 2.45) is 0 Å². The van der Waals surface area contributed by atoms with Gasteiger partial charge in [-0.1, -0.05) is 19.3 Å². The molecule has 21 heavy (non-hydrogen) atoms. The van der Waals surface area contributed by atoms with Gasteiger partial charge in [0.05, 0.1) is 19.0 Å². The molecule has 1 fully saturated rings. The van der Waals surface area contributed by atoms with Crippen molar-refractivity contribution in [2.45, 2.75) is 43.8 Å². The highest BCUT2D eigenvalue weighted by molar-refractivity contribution is 8.00. The molecule has 1 aromatic rings. The standard InChI is InChI=1S/C17H22O3S/c18-15(12-21-14-5-2-1-3-6-14)13-7-8-16-17(11-13)20-10-4-9-19-16/h7-8,11,14H,1-6,9-10,12H2. The fourth-order valence-electron chi connectivity index (χ4n) is 2.85. The third-order valence-corrected chi connectivity index (χ3v) is 5.44. The maximum atomic E-state index is 12.3. The van der Waals surface area contributed by atoms with Crippen molar-refractivity contribution >= 4 is 17.5 Å². The lowest BCUT2D eigenvalue weighted by Gasteiger charge is -2.20. The second-order valence-electron chi connectivity index (χ2n) is 5.71. The second-order valence-corrected chi connectivity index (χ2v) is 6.99. The first-order chi connectivity index (χ1) is 10.3. The fraction of sp³-hybridized carbons (Fsp3) is 0.588. The topological polar surface area (TPSA) is 35.5 Å². The molecule has 0 spiro atoms. The summed E-state index contributed by atoms with van der Waals surface area (Å²) in [5.41, 5.74) is 0.738. The van der Waals surface area contributed by atoms with Crippen LogP contribution in [0.15, 0.2) is 18.2 Å². The Morgan fingerprint density at radius 3 is 2.62 bits per heavy atom. The fourth-order valence-corrected chi connectivity index (χ4v) is 4.07. The van der Waals surface area contributed by atoms with E-state index < -0.39 is 0 Å². The minimum absolute atomic E-state index is 0.196. The lowest BCUT2D eigenvalue weighted by atomic mass is 10.0. The minimum Gasteiger partial charge on any atom is -0.490 e. The van der Waals surface area contributed by atoms with Crippen molar-refractivity contribution in [1.82, 2.24) is 0 Å². The lowest BCUT2D eigenvalue weighted by Crippen LogP contribution is -2.12. The highest BCUT2D eigenvalue weighted by Gasteiger charge is 2.18. The van der Waals surface area contributed by atoms with Crippen LogP contribution >= 0.6 is 11.8 Å².